The van der Waals surface area contributed by atoms with E-state index in [1.54, 1.807) is 12.1 Å². The fourth-order valence-corrected chi connectivity index (χ4v) is 0.917. The van der Waals surface area contributed by atoms with E-state index >= 15 is 0 Å². The minimum atomic E-state index is -0.945. The number of hydrogen-bond acceptors (Lipinski definition) is 2. The number of carboxylic acids is 1. The van der Waals surface area contributed by atoms with E-state index in [-0.39, 0.29) is 12.2 Å². The first-order valence-electron chi connectivity index (χ1n) is 4.67. The van der Waals surface area contributed by atoms with Crippen molar-refractivity contribution in [3.63, 3.8) is 0 Å². The molecule has 0 aliphatic rings. The molecule has 3 nitrogen and oxygen atoms in total. The largest absolute Gasteiger partial charge is 0.478 e. The fraction of sp³-hybridized carbons (Fsp3) is 0.154. The summed E-state index contributed by atoms with van der Waals surface area (Å²) in [7, 11) is 0. The van der Waals surface area contributed by atoms with Gasteiger partial charge in [0.05, 0.1) is 12.2 Å². The van der Waals surface area contributed by atoms with Crippen LogP contribution in [0.25, 0.3) is 0 Å². The summed E-state index contributed by atoms with van der Waals surface area (Å²) in [6, 6.07) is 6.30. The van der Waals surface area contributed by atoms with Gasteiger partial charge < -0.3 is 10.2 Å². The molecule has 2 N–H and O–H groups in total. The zero-order valence-corrected chi connectivity index (χ0v) is 8.94. The second-order valence-electron chi connectivity index (χ2n) is 2.66. The Morgan fingerprint density at radius 1 is 1.25 bits per heavy atom. The maximum Gasteiger partial charge on any atom is 0.335 e. The van der Waals surface area contributed by atoms with Crippen molar-refractivity contribution < 1.29 is 15.0 Å². The first kappa shape index (κ1) is 13.9. The molecule has 0 aliphatic heterocycles. The Balaban J connectivity index is 0.00000106. The van der Waals surface area contributed by atoms with Gasteiger partial charge in [-0.1, -0.05) is 11.8 Å². The maximum absolute atomic E-state index is 10.5. The van der Waals surface area contributed by atoms with Crippen molar-refractivity contribution in [2.75, 3.05) is 6.61 Å². The molecule has 0 spiro atoms. The third kappa shape index (κ3) is 4.99. The Kier molecular flexibility index (Phi) is 7.21. The summed E-state index contributed by atoms with van der Waals surface area (Å²) in [5.74, 6) is 4.62. The van der Waals surface area contributed by atoms with Gasteiger partial charge in [-0.3, -0.25) is 0 Å². The van der Waals surface area contributed by atoms with Crippen LogP contribution in [0.3, 0.4) is 0 Å². The van der Waals surface area contributed by atoms with E-state index in [1.807, 2.05) is 0 Å². The molecule has 0 radical (unpaired) electrons. The summed E-state index contributed by atoms with van der Waals surface area (Å²) in [4.78, 5) is 10.5. The van der Waals surface area contributed by atoms with Crippen LogP contribution in [0, 0.1) is 11.8 Å². The number of aromatic carboxylic acids is 1. The lowest BCUT2D eigenvalue weighted by Gasteiger charge is -1.93. The summed E-state index contributed by atoms with van der Waals surface area (Å²) in [5.41, 5.74) is 1.00. The van der Waals surface area contributed by atoms with Crippen molar-refractivity contribution >= 4 is 5.97 Å². The number of carboxylic acid groups (broad SMARTS) is 1. The zero-order valence-electron chi connectivity index (χ0n) is 8.94. The molecule has 1 aromatic carbocycles. The molecule has 16 heavy (non-hydrogen) atoms. The minimum absolute atomic E-state index is 0.0419. The van der Waals surface area contributed by atoms with Gasteiger partial charge in [0.25, 0.3) is 0 Å². The highest BCUT2D eigenvalue weighted by Crippen LogP contribution is 2.02. The van der Waals surface area contributed by atoms with E-state index in [0.717, 1.165) is 5.56 Å². The predicted molar refractivity (Wildman–Crippen MR) is 63.2 cm³/mol. The lowest BCUT2D eigenvalue weighted by molar-refractivity contribution is 0.0697. The highest BCUT2D eigenvalue weighted by Gasteiger charge is 1.99. The number of aliphatic hydroxyl groups is 1. The number of aliphatic hydroxyl groups excluding tert-OH is 1. The normalized spacial score (nSPS) is 8.06. The summed E-state index contributed by atoms with van der Waals surface area (Å²) < 4.78 is 0. The highest BCUT2D eigenvalue weighted by atomic mass is 16.4. The number of benzene rings is 1. The van der Waals surface area contributed by atoms with Gasteiger partial charge in [0, 0.05) is 12.0 Å². The van der Waals surface area contributed by atoms with Crippen LogP contribution in [0.15, 0.2) is 37.4 Å². The molecule has 0 aromatic heterocycles. The van der Waals surface area contributed by atoms with Gasteiger partial charge in [0.15, 0.2) is 0 Å². The number of hydrogen-bond donors (Lipinski definition) is 2. The third-order valence-corrected chi connectivity index (χ3v) is 1.60. The Hall–Kier alpha value is -2.05. The van der Waals surface area contributed by atoms with E-state index < -0.39 is 5.97 Å². The van der Waals surface area contributed by atoms with Crippen LogP contribution in [0.5, 0.6) is 0 Å². The van der Waals surface area contributed by atoms with Gasteiger partial charge in [-0.2, -0.15) is 0 Å². The van der Waals surface area contributed by atoms with Crippen LogP contribution in [0.4, 0.5) is 0 Å². The van der Waals surface area contributed by atoms with E-state index in [4.69, 9.17) is 10.2 Å². The smallest absolute Gasteiger partial charge is 0.335 e. The predicted octanol–water partition coefficient (Wildman–Crippen LogP) is 1.92. The van der Waals surface area contributed by atoms with Crippen LogP contribution >= 0.6 is 0 Å². The molecular weight excluding hydrogens is 204 g/mol. The van der Waals surface area contributed by atoms with Crippen LogP contribution < -0.4 is 0 Å². The summed E-state index contributed by atoms with van der Waals surface area (Å²) in [5, 5.41) is 17.1. The molecule has 0 saturated carbocycles. The van der Waals surface area contributed by atoms with Crippen molar-refractivity contribution in [2.45, 2.75) is 6.42 Å². The molecular formula is C13H14O3. The summed E-state index contributed by atoms with van der Waals surface area (Å²) >= 11 is 0. The van der Waals surface area contributed by atoms with Crippen LogP contribution in [0.1, 0.15) is 22.3 Å². The lowest BCUT2D eigenvalue weighted by Crippen LogP contribution is -1.94. The minimum Gasteiger partial charge on any atom is -0.478 e. The zero-order chi connectivity index (χ0) is 12.4. The SMILES string of the molecule is C=C.O=C(O)c1ccc(C#CCCO)cc1. The topological polar surface area (TPSA) is 57.5 Å². The van der Waals surface area contributed by atoms with Crippen LogP contribution in [-0.2, 0) is 0 Å². The van der Waals surface area contributed by atoms with E-state index in [0.29, 0.717) is 6.42 Å². The van der Waals surface area contributed by atoms with Crippen LogP contribution in [-0.4, -0.2) is 22.8 Å². The van der Waals surface area contributed by atoms with Gasteiger partial charge in [-0.05, 0) is 24.3 Å². The molecule has 0 saturated heterocycles. The maximum atomic E-state index is 10.5. The molecule has 84 valence electrons. The molecule has 0 fully saturated rings. The van der Waals surface area contributed by atoms with Gasteiger partial charge in [0.1, 0.15) is 0 Å². The fourth-order valence-electron chi connectivity index (χ4n) is 0.917. The summed E-state index contributed by atoms with van der Waals surface area (Å²) in [6.07, 6.45) is 0.431. The van der Waals surface area contributed by atoms with Gasteiger partial charge in [-0.15, -0.1) is 13.2 Å². The first-order valence-corrected chi connectivity index (χ1v) is 4.67. The van der Waals surface area contributed by atoms with Crippen molar-refractivity contribution in [1.82, 2.24) is 0 Å². The Bertz CT molecular complexity index is 382. The lowest BCUT2D eigenvalue weighted by atomic mass is 10.1. The summed E-state index contributed by atoms with van der Waals surface area (Å²) in [6.45, 7) is 6.04. The molecule has 0 aliphatic carbocycles. The second kappa shape index (κ2) is 8.27. The number of rotatable bonds is 2. The van der Waals surface area contributed by atoms with Crippen molar-refractivity contribution in [2.24, 2.45) is 0 Å². The van der Waals surface area contributed by atoms with Gasteiger partial charge in [-0.25, -0.2) is 4.79 Å². The van der Waals surface area contributed by atoms with Crippen LogP contribution in [0.2, 0.25) is 0 Å². The molecule has 1 aromatic rings. The van der Waals surface area contributed by atoms with Gasteiger partial charge >= 0.3 is 5.97 Å². The quantitative estimate of drug-likeness (QED) is 0.589. The van der Waals surface area contributed by atoms with Gasteiger partial charge in [0.2, 0.25) is 0 Å². The molecule has 0 amide bonds. The Labute approximate surface area is 95.1 Å². The van der Waals surface area contributed by atoms with E-state index in [2.05, 4.69) is 25.0 Å². The average molecular weight is 218 g/mol. The highest BCUT2D eigenvalue weighted by molar-refractivity contribution is 5.87. The van der Waals surface area contributed by atoms with Crippen molar-refractivity contribution in [1.29, 1.82) is 0 Å². The monoisotopic (exact) mass is 218 g/mol. The van der Waals surface area contributed by atoms with Crippen molar-refractivity contribution in [3.05, 3.63) is 48.6 Å². The standard InChI is InChI=1S/C11H10O3.C2H4/c12-8-2-1-3-9-4-6-10(7-5-9)11(13)14;1-2/h4-7,12H,2,8H2,(H,13,14);1-2H2. The Morgan fingerprint density at radius 3 is 2.25 bits per heavy atom. The molecule has 0 bridgehead atoms. The molecule has 3 heteroatoms. The van der Waals surface area contributed by atoms with E-state index in [9.17, 15) is 4.79 Å². The first-order chi connectivity index (χ1) is 7.74. The Morgan fingerprint density at radius 2 is 1.81 bits per heavy atom. The van der Waals surface area contributed by atoms with E-state index in [1.165, 1.54) is 12.1 Å². The second-order valence-corrected chi connectivity index (χ2v) is 2.66. The third-order valence-electron chi connectivity index (χ3n) is 1.60. The molecule has 0 unspecified atom stereocenters. The average Bonchev–Trinajstić information content (AvgIpc) is 2.33. The molecule has 0 heterocycles. The molecule has 1 rings (SSSR count). The molecule has 0 atom stereocenters. The van der Waals surface area contributed by atoms with Crippen molar-refractivity contribution in [3.8, 4) is 11.8 Å². The number of carbonyl (C=O) groups is 1.